The third-order valence-corrected chi connectivity index (χ3v) is 3.08. The molecule has 3 heteroatoms. The Hall–Kier alpha value is -0.830. The molecule has 0 N–H and O–H groups in total. The van der Waals surface area contributed by atoms with Gasteiger partial charge in [-0.1, -0.05) is 33.6 Å². The molecule has 0 unspecified atom stereocenters. The fraction of sp³-hybridized carbons (Fsp3) is 0.462. The molecule has 0 spiro atoms. The minimum Gasteiger partial charge on any atom is -0.466 e. The fourth-order valence-electron chi connectivity index (χ4n) is 1.81. The Labute approximate surface area is 105 Å². The molecule has 16 heavy (non-hydrogen) atoms. The molecule has 1 rings (SSSR count). The van der Waals surface area contributed by atoms with E-state index < -0.39 is 0 Å². The summed E-state index contributed by atoms with van der Waals surface area (Å²) in [5.74, 6) is -0.156. The number of benzene rings is 1. The summed E-state index contributed by atoms with van der Waals surface area (Å²) in [6.45, 7) is 6.36. The van der Waals surface area contributed by atoms with Gasteiger partial charge in [0.05, 0.1) is 13.0 Å². The van der Waals surface area contributed by atoms with Crippen molar-refractivity contribution >= 4 is 21.9 Å². The summed E-state index contributed by atoms with van der Waals surface area (Å²) in [6, 6.07) is 4.21. The van der Waals surface area contributed by atoms with E-state index in [4.69, 9.17) is 4.74 Å². The third kappa shape index (κ3) is 3.34. The molecule has 88 valence electrons. The average Bonchev–Trinajstić information content (AvgIpc) is 2.22. The molecule has 0 aliphatic rings. The van der Waals surface area contributed by atoms with Crippen molar-refractivity contribution in [1.82, 2.24) is 0 Å². The summed E-state index contributed by atoms with van der Waals surface area (Å²) in [4.78, 5) is 11.5. The second-order valence-electron chi connectivity index (χ2n) is 3.83. The van der Waals surface area contributed by atoms with E-state index >= 15 is 0 Å². The quantitative estimate of drug-likeness (QED) is 0.626. The first-order chi connectivity index (χ1) is 7.58. The van der Waals surface area contributed by atoms with Gasteiger partial charge in [0, 0.05) is 5.33 Å². The van der Waals surface area contributed by atoms with Crippen LogP contribution in [0.2, 0.25) is 0 Å². The maximum Gasteiger partial charge on any atom is 0.310 e. The zero-order chi connectivity index (χ0) is 12.1. The first-order valence-corrected chi connectivity index (χ1v) is 6.51. The van der Waals surface area contributed by atoms with Gasteiger partial charge in [-0.3, -0.25) is 4.79 Å². The second kappa shape index (κ2) is 6.04. The lowest BCUT2D eigenvalue weighted by atomic mass is 9.97. The fourth-order valence-corrected chi connectivity index (χ4v) is 2.31. The zero-order valence-electron chi connectivity index (χ0n) is 9.97. The monoisotopic (exact) mass is 284 g/mol. The van der Waals surface area contributed by atoms with E-state index in [1.165, 1.54) is 11.1 Å². The molecule has 0 aromatic heterocycles. The van der Waals surface area contributed by atoms with Crippen LogP contribution in [0.4, 0.5) is 0 Å². The van der Waals surface area contributed by atoms with Crippen molar-refractivity contribution in [3.8, 4) is 0 Å². The molecule has 1 aromatic carbocycles. The molecular formula is C13H17BrO2. The van der Waals surface area contributed by atoms with Crippen molar-refractivity contribution < 1.29 is 9.53 Å². The molecule has 2 nitrogen and oxygen atoms in total. The number of rotatable bonds is 4. The van der Waals surface area contributed by atoms with Crippen LogP contribution in [0.5, 0.6) is 0 Å². The number of hydrogen-bond donors (Lipinski definition) is 0. The van der Waals surface area contributed by atoms with E-state index in [1.54, 1.807) is 0 Å². The molecule has 0 aliphatic heterocycles. The number of hydrogen-bond acceptors (Lipinski definition) is 2. The number of carbonyl (C=O) groups excluding carboxylic acids is 1. The predicted octanol–water partition coefficient (Wildman–Crippen LogP) is 3.30. The van der Waals surface area contributed by atoms with Gasteiger partial charge < -0.3 is 4.74 Å². The van der Waals surface area contributed by atoms with Gasteiger partial charge in [-0.05, 0) is 37.5 Å². The van der Waals surface area contributed by atoms with Crippen LogP contribution < -0.4 is 0 Å². The van der Waals surface area contributed by atoms with Crippen molar-refractivity contribution in [3.05, 3.63) is 34.4 Å². The molecule has 0 bridgehead atoms. The van der Waals surface area contributed by atoms with Crippen molar-refractivity contribution in [1.29, 1.82) is 0 Å². The molecule has 0 fully saturated rings. The Bertz CT molecular complexity index is 386. The molecule has 1 aromatic rings. The number of ether oxygens (including phenoxy) is 1. The van der Waals surface area contributed by atoms with Gasteiger partial charge in [0.15, 0.2) is 0 Å². The molecule has 0 saturated carbocycles. The van der Waals surface area contributed by atoms with Gasteiger partial charge in [0.1, 0.15) is 0 Å². The molecule has 0 atom stereocenters. The van der Waals surface area contributed by atoms with Crippen molar-refractivity contribution in [2.24, 2.45) is 0 Å². The van der Waals surface area contributed by atoms with Crippen LogP contribution in [0.3, 0.4) is 0 Å². The zero-order valence-corrected chi connectivity index (χ0v) is 11.6. The van der Waals surface area contributed by atoms with Crippen LogP contribution in [-0.4, -0.2) is 12.6 Å². The molecule has 0 heterocycles. The summed E-state index contributed by atoms with van der Waals surface area (Å²) in [5, 5.41) is 0.768. The lowest BCUT2D eigenvalue weighted by molar-refractivity contribution is -0.142. The molecule has 0 amide bonds. The van der Waals surface area contributed by atoms with Gasteiger partial charge in [0.2, 0.25) is 0 Å². The normalized spacial score (nSPS) is 10.2. The second-order valence-corrected chi connectivity index (χ2v) is 4.40. The smallest absolute Gasteiger partial charge is 0.310 e. The topological polar surface area (TPSA) is 26.3 Å². The molecule has 0 saturated heterocycles. The van der Waals surface area contributed by atoms with Crippen molar-refractivity contribution in [3.63, 3.8) is 0 Å². The number of aryl methyl sites for hydroxylation is 2. The highest BCUT2D eigenvalue weighted by Gasteiger charge is 2.11. The molecule has 0 aliphatic carbocycles. The summed E-state index contributed by atoms with van der Waals surface area (Å²) in [6.07, 6.45) is 0.362. The Morgan fingerprint density at radius 2 is 2.06 bits per heavy atom. The third-order valence-electron chi connectivity index (χ3n) is 2.48. The van der Waals surface area contributed by atoms with Gasteiger partial charge in [-0.25, -0.2) is 0 Å². The first kappa shape index (κ1) is 13.2. The van der Waals surface area contributed by atoms with Gasteiger partial charge >= 0.3 is 5.97 Å². The number of carbonyl (C=O) groups is 1. The summed E-state index contributed by atoms with van der Waals surface area (Å²) >= 11 is 3.45. The Kier molecular flexibility index (Phi) is 5.00. The number of esters is 1. The number of alkyl halides is 1. The van der Waals surface area contributed by atoms with E-state index in [0.717, 1.165) is 16.5 Å². The van der Waals surface area contributed by atoms with Crippen LogP contribution in [0.25, 0.3) is 0 Å². The van der Waals surface area contributed by atoms with Crippen LogP contribution >= 0.6 is 15.9 Å². The molecular weight excluding hydrogens is 268 g/mol. The maximum absolute atomic E-state index is 11.5. The van der Waals surface area contributed by atoms with E-state index in [0.29, 0.717) is 13.0 Å². The van der Waals surface area contributed by atoms with Crippen molar-refractivity contribution in [2.75, 3.05) is 6.61 Å². The van der Waals surface area contributed by atoms with E-state index in [-0.39, 0.29) is 5.97 Å². The number of halogens is 1. The van der Waals surface area contributed by atoms with Gasteiger partial charge in [-0.2, -0.15) is 0 Å². The van der Waals surface area contributed by atoms with Crippen LogP contribution in [-0.2, 0) is 21.3 Å². The van der Waals surface area contributed by atoms with Crippen LogP contribution in [0, 0.1) is 13.8 Å². The first-order valence-electron chi connectivity index (χ1n) is 5.39. The lowest BCUT2D eigenvalue weighted by Crippen LogP contribution is -2.10. The predicted molar refractivity (Wildman–Crippen MR) is 68.9 cm³/mol. The Morgan fingerprint density at radius 1 is 1.38 bits per heavy atom. The summed E-state index contributed by atoms with van der Waals surface area (Å²) in [7, 11) is 0. The Balaban J connectivity index is 2.98. The highest BCUT2D eigenvalue weighted by Crippen LogP contribution is 2.20. The maximum atomic E-state index is 11.5. The Morgan fingerprint density at radius 3 is 2.62 bits per heavy atom. The minimum absolute atomic E-state index is 0.156. The van der Waals surface area contributed by atoms with E-state index in [1.807, 2.05) is 13.8 Å². The summed E-state index contributed by atoms with van der Waals surface area (Å²) in [5.41, 5.74) is 4.63. The van der Waals surface area contributed by atoms with Crippen LogP contribution in [0.15, 0.2) is 12.1 Å². The SMILES string of the molecule is CCOC(=O)Cc1c(C)cc(C)cc1CBr. The highest BCUT2D eigenvalue weighted by molar-refractivity contribution is 9.08. The summed E-state index contributed by atoms with van der Waals surface area (Å²) < 4.78 is 4.98. The minimum atomic E-state index is -0.156. The highest BCUT2D eigenvalue weighted by atomic mass is 79.9. The standard InChI is InChI=1S/C13H17BrO2/c1-4-16-13(15)7-12-10(3)5-9(2)6-11(12)8-14/h5-6H,4,7-8H2,1-3H3. The largest absolute Gasteiger partial charge is 0.466 e. The lowest BCUT2D eigenvalue weighted by Gasteiger charge is -2.11. The van der Waals surface area contributed by atoms with Gasteiger partial charge in [-0.15, -0.1) is 0 Å². The molecule has 0 radical (unpaired) electrons. The van der Waals surface area contributed by atoms with E-state index in [9.17, 15) is 4.79 Å². The van der Waals surface area contributed by atoms with E-state index in [2.05, 4.69) is 35.0 Å². The van der Waals surface area contributed by atoms with Crippen molar-refractivity contribution in [2.45, 2.75) is 32.5 Å². The average molecular weight is 285 g/mol. The van der Waals surface area contributed by atoms with Gasteiger partial charge in [0.25, 0.3) is 0 Å². The van der Waals surface area contributed by atoms with Crippen LogP contribution in [0.1, 0.15) is 29.2 Å².